The van der Waals surface area contributed by atoms with Gasteiger partial charge in [0.25, 0.3) is 0 Å². The SMILES string of the molecule is CN1CCN(c2nc3ccccc3n2C2CCN(CC3CCCC3)CC2)CC1. The maximum atomic E-state index is 5.10. The van der Waals surface area contributed by atoms with Crippen LogP contribution in [0.5, 0.6) is 0 Å². The Morgan fingerprint density at radius 3 is 2.36 bits per heavy atom. The molecule has 0 amide bonds. The van der Waals surface area contributed by atoms with E-state index in [0.29, 0.717) is 6.04 Å². The van der Waals surface area contributed by atoms with E-state index in [1.807, 2.05) is 0 Å². The van der Waals surface area contributed by atoms with Gasteiger partial charge in [-0.1, -0.05) is 25.0 Å². The van der Waals surface area contributed by atoms with Crippen LogP contribution in [0, 0.1) is 5.92 Å². The third-order valence-electron chi connectivity index (χ3n) is 7.28. The molecule has 0 radical (unpaired) electrons. The van der Waals surface area contributed by atoms with Crippen LogP contribution in [-0.2, 0) is 0 Å². The molecular weight excluding hydrogens is 346 g/mol. The van der Waals surface area contributed by atoms with Crippen LogP contribution in [0.25, 0.3) is 11.0 Å². The van der Waals surface area contributed by atoms with Gasteiger partial charge in [-0.05, 0) is 50.8 Å². The molecule has 0 atom stereocenters. The summed E-state index contributed by atoms with van der Waals surface area (Å²) in [6, 6.07) is 9.33. The Morgan fingerprint density at radius 1 is 0.893 bits per heavy atom. The van der Waals surface area contributed by atoms with Crippen LogP contribution in [0.4, 0.5) is 5.95 Å². The molecule has 3 fully saturated rings. The zero-order valence-corrected chi connectivity index (χ0v) is 17.4. The number of piperidine rings is 1. The van der Waals surface area contributed by atoms with E-state index in [1.54, 1.807) is 0 Å². The molecule has 0 N–H and O–H groups in total. The molecule has 152 valence electrons. The van der Waals surface area contributed by atoms with Gasteiger partial charge >= 0.3 is 0 Å². The number of aromatic nitrogens is 2. The lowest BCUT2D eigenvalue weighted by atomic mass is 10.0. The number of benzene rings is 1. The summed E-state index contributed by atoms with van der Waals surface area (Å²) in [7, 11) is 2.22. The Balaban J connectivity index is 1.35. The van der Waals surface area contributed by atoms with E-state index in [-0.39, 0.29) is 0 Å². The number of nitrogens with zero attached hydrogens (tertiary/aromatic N) is 5. The average Bonchev–Trinajstić information content (AvgIpc) is 3.37. The Morgan fingerprint density at radius 2 is 1.61 bits per heavy atom. The minimum Gasteiger partial charge on any atom is -0.340 e. The highest BCUT2D eigenvalue weighted by atomic mass is 15.4. The number of rotatable bonds is 4. The fraction of sp³-hybridized carbons (Fsp3) is 0.696. The van der Waals surface area contributed by atoms with Gasteiger partial charge in [0, 0.05) is 51.9 Å². The second kappa shape index (κ2) is 8.03. The van der Waals surface area contributed by atoms with Gasteiger partial charge in [0.05, 0.1) is 11.0 Å². The number of para-hydroxylation sites is 2. The molecule has 3 heterocycles. The number of likely N-dealkylation sites (tertiary alicyclic amines) is 1. The van der Waals surface area contributed by atoms with Crippen LogP contribution in [-0.4, -0.2) is 72.2 Å². The van der Waals surface area contributed by atoms with Crippen molar-refractivity contribution in [2.24, 2.45) is 5.92 Å². The van der Waals surface area contributed by atoms with Crippen LogP contribution in [0.2, 0.25) is 0 Å². The molecule has 0 spiro atoms. The van der Waals surface area contributed by atoms with Crippen molar-refractivity contribution in [3.05, 3.63) is 24.3 Å². The van der Waals surface area contributed by atoms with Crippen molar-refractivity contribution in [1.29, 1.82) is 0 Å². The van der Waals surface area contributed by atoms with Crippen molar-refractivity contribution >= 4 is 17.0 Å². The first-order valence-corrected chi connectivity index (χ1v) is 11.4. The first-order chi connectivity index (χ1) is 13.8. The fourth-order valence-electron chi connectivity index (χ4n) is 5.54. The summed E-state index contributed by atoms with van der Waals surface area (Å²) >= 11 is 0. The maximum absolute atomic E-state index is 5.10. The normalized spacial score (nSPS) is 23.8. The quantitative estimate of drug-likeness (QED) is 0.809. The zero-order valence-electron chi connectivity index (χ0n) is 17.4. The molecular formula is C23H35N5. The molecule has 2 aliphatic heterocycles. The summed E-state index contributed by atoms with van der Waals surface area (Å²) < 4.78 is 2.59. The first kappa shape index (κ1) is 18.4. The molecule has 1 aliphatic carbocycles. The summed E-state index contributed by atoms with van der Waals surface area (Å²) in [5, 5.41) is 0. The Kier molecular flexibility index (Phi) is 5.29. The van der Waals surface area contributed by atoms with Crippen molar-refractivity contribution in [2.45, 2.75) is 44.6 Å². The van der Waals surface area contributed by atoms with Gasteiger partial charge in [-0.15, -0.1) is 0 Å². The number of hydrogen-bond acceptors (Lipinski definition) is 4. The van der Waals surface area contributed by atoms with Crippen LogP contribution >= 0.6 is 0 Å². The molecule has 0 bridgehead atoms. The lowest BCUT2D eigenvalue weighted by Gasteiger charge is -2.37. The maximum Gasteiger partial charge on any atom is 0.206 e. The number of likely N-dealkylation sites (N-methyl/N-ethyl adjacent to an activating group) is 1. The van der Waals surface area contributed by atoms with Crippen LogP contribution < -0.4 is 4.90 Å². The third-order valence-corrected chi connectivity index (χ3v) is 7.28. The Hall–Kier alpha value is -1.59. The van der Waals surface area contributed by atoms with E-state index >= 15 is 0 Å². The topological polar surface area (TPSA) is 27.5 Å². The second-order valence-electron chi connectivity index (χ2n) is 9.24. The molecule has 5 rings (SSSR count). The van der Waals surface area contributed by atoms with Gasteiger partial charge in [0.1, 0.15) is 0 Å². The molecule has 1 aromatic heterocycles. The zero-order chi connectivity index (χ0) is 18.9. The van der Waals surface area contributed by atoms with Crippen molar-refractivity contribution < 1.29 is 0 Å². The minimum absolute atomic E-state index is 0.585. The monoisotopic (exact) mass is 381 g/mol. The number of imidazole rings is 1. The predicted octanol–water partition coefficient (Wildman–Crippen LogP) is 3.62. The number of piperazine rings is 1. The van der Waals surface area contributed by atoms with E-state index in [0.717, 1.165) is 37.6 Å². The molecule has 28 heavy (non-hydrogen) atoms. The molecule has 0 unspecified atom stereocenters. The van der Waals surface area contributed by atoms with E-state index in [1.165, 1.54) is 69.6 Å². The van der Waals surface area contributed by atoms with Crippen LogP contribution in [0.3, 0.4) is 0 Å². The van der Waals surface area contributed by atoms with Gasteiger partial charge in [0.2, 0.25) is 5.95 Å². The van der Waals surface area contributed by atoms with Crippen LogP contribution in [0.15, 0.2) is 24.3 Å². The lowest BCUT2D eigenvalue weighted by Crippen LogP contribution is -2.46. The van der Waals surface area contributed by atoms with Gasteiger partial charge < -0.3 is 19.3 Å². The second-order valence-corrected chi connectivity index (χ2v) is 9.24. The summed E-state index contributed by atoms with van der Waals surface area (Å²) in [6.07, 6.45) is 8.34. The lowest BCUT2D eigenvalue weighted by molar-refractivity contribution is 0.165. The highest BCUT2D eigenvalue weighted by Crippen LogP contribution is 2.34. The summed E-state index contributed by atoms with van der Waals surface area (Å²) in [5.41, 5.74) is 2.48. The number of anilines is 1. The summed E-state index contributed by atoms with van der Waals surface area (Å²) in [6.45, 7) is 8.25. The summed E-state index contributed by atoms with van der Waals surface area (Å²) in [5.74, 6) is 2.18. The van der Waals surface area contributed by atoms with E-state index in [9.17, 15) is 0 Å². The predicted molar refractivity (Wildman–Crippen MR) is 116 cm³/mol. The highest BCUT2D eigenvalue weighted by Gasteiger charge is 2.29. The molecule has 5 nitrogen and oxygen atoms in total. The third kappa shape index (κ3) is 3.67. The van der Waals surface area contributed by atoms with E-state index in [2.05, 4.69) is 50.6 Å². The standard InChI is InChI=1S/C23H35N5/c1-25-14-16-27(17-15-25)23-24-21-8-4-5-9-22(21)28(23)20-10-12-26(13-11-20)18-19-6-2-3-7-19/h4-5,8-9,19-20H,2-3,6-7,10-18H2,1H3. The van der Waals surface area contributed by atoms with Gasteiger partial charge in [-0.2, -0.15) is 0 Å². The Bertz CT molecular complexity index is 777. The first-order valence-electron chi connectivity index (χ1n) is 11.4. The molecule has 3 aliphatic rings. The Labute approximate surface area is 169 Å². The van der Waals surface area contributed by atoms with Crippen molar-refractivity contribution in [3.63, 3.8) is 0 Å². The van der Waals surface area contributed by atoms with E-state index in [4.69, 9.17) is 4.98 Å². The number of fused-ring (bicyclic) bond motifs is 1. The molecule has 1 saturated carbocycles. The number of hydrogen-bond donors (Lipinski definition) is 0. The smallest absolute Gasteiger partial charge is 0.206 e. The van der Waals surface area contributed by atoms with Gasteiger partial charge in [-0.25, -0.2) is 4.98 Å². The van der Waals surface area contributed by atoms with Crippen molar-refractivity contribution in [3.8, 4) is 0 Å². The fourth-order valence-corrected chi connectivity index (χ4v) is 5.54. The van der Waals surface area contributed by atoms with Gasteiger partial charge in [-0.3, -0.25) is 0 Å². The highest BCUT2D eigenvalue weighted by molar-refractivity contribution is 5.79. The molecule has 5 heteroatoms. The van der Waals surface area contributed by atoms with E-state index < -0.39 is 0 Å². The summed E-state index contributed by atoms with van der Waals surface area (Å²) in [4.78, 5) is 12.8. The van der Waals surface area contributed by atoms with Crippen molar-refractivity contribution in [1.82, 2.24) is 19.4 Å². The minimum atomic E-state index is 0.585. The molecule has 2 saturated heterocycles. The van der Waals surface area contributed by atoms with Gasteiger partial charge in [0.15, 0.2) is 0 Å². The average molecular weight is 382 g/mol. The molecule has 1 aromatic carbocycles. The van der Waals surface area contributed by atoms with Crippen LogP contribution in [0.1, 0.15) is 44.6 Å². The van der Waals surface area contributed by atoms with Crippen molar-refractivity contribution in [2.75, 3.05) is 57.8 Å². The largest absolute Gasteiger partial charge is 0.340 e. The molecule has 2 aromatic rings.